The van der Waals surface area contributed by atoms with Gasteiger partial charge in [-0.2, -0.15) is 0 Å². The van der Waals surface area contributed by atoms with Crippen LogP contribution in [0, 0.1) is 0 Å². The van der Waals surface area contributed by atoms with E-state index in [9.17, 15) is 9.59 Å². The second-order valence-corrected chi connectivity index (χ2v) is 7.23. The molecule has 28 heavy (non-hydrogen) atoms. The average molecular weight is 381 g/mol. The molecule has 0 aliphatic heterocycles. The zero-order valence-electron chi connectivity index (χ0n) is 17.2. The first-order valence-corrected chi connectivity index (χ1v) is 10.2. The molecule has 0 unspecified atom stereocenters. The molecular formula is C24H32N2O2. The Labute approximate surface area is 169 Å². The molecule has 2 aromatic carbocycles. The highest BCUT2D eigenvalue weighted by Crippen LogP contribution is 2.12. The second-order valence-electron chi connectivity index (χ2n) is 7.23. The molecule has 0 saturated heterocycles. The number of rotatable bonds is 10. The number of nitrogens with zero attached hydrogens (tertiary/aromatic N) is 1. The molecule has 2 aromatic rings. The minimum Gasteiger partial charge on any atom is -0.352 e. The first-order chi connectivity index (χ1) is 13.5. The predicted octanol–water partition coefficient (Wildman–Crippen LogP) is 3.99. The van der Waals surface area contributed by atoms with E-state index in [-0.39, 0.29) is 17.9 Å². The van der Waals surface area contributed by atoms with E-state index in [1.165, 1.54) is 0 Å². The van der Waals surface area contributed by atoms with Gasteiger partial charge >= 0.3 is 0 Å². The van der Waals surface area contributed by atoms with Crippen LogP contribution in [0.2, 0.25) is 0 Å². The summed E-state index contributed by atoms with van der Waals surface area (Å²) in [4.78, 5) is 27.7. The molecular weight excluding hydrogens is 348 g/mol. The maximum absolute atomic E-state index is 13.1. The summed E-state index contributed by atoms with van der Waals surface area (Å²) in [5, 5.41) is 3.05. The zero-order valence-corrected chi connectivity index (χ0v) is 17.2. The van der Waals surface area contributed by atoms with Gasteiger partial charge in [-0.3, -0.25) is 9.59 Å². The predicted molar refractivity (Wildman–Crippen MR) is 114 cm³/mol. The van der Waals surface area contributed by atoms with Crippen molar-refractivity contribution >= 4 is 11.8 Å². The third-order valence-corrected chi connectivity index (χ3v) is 5.07. The van der Waals surface area contributed by atoms with Crippen LogP contribution in [-0.4, -0.2) is 35.3 Å². The molecule has 2 atom stereocenters. The van der Waals surface area contributed by atoms with E-state index in [0.29, 0.717) is 19.4 Å². The van der Waals surface area contributed by atoms with Crippen molar-refractivity contribution in [1.82, 2.24) is 10.2 Å². The molecule has 0 aliphatic carbocycles. The molecule has 0 bridgehead atoms. The van der Waals surface area contributed by atoms with Crippen LogP contribution in [-0.2, 0) is 22.4 Å². The molecule has 0 radical (unpaired) electrons. The molecule has 0 fully saturated rings. The largest absolute Gasteiger partial charge is 0.352 e. The maximum Gasteiger partial charge on any atom is 0.243 e. The van der Waals surface area contributed by atoms with Gasteiger partial charge in [-0.1, -0.05) is 74.5 Å². The number of carbonyl (C=O) groups excluding carboxylic acids is 2. The van der Waals surface area contributed by atoms with Gasteiger partial charge in [0.1, 0.15) is 6.04 Å². The number of amides is 2. The fraction of sp³-hybridized carbons (Fsp3) is 0.417. The average Bonchev–Trinajstić information content (AvgIpc) is 2.72. The normalized spacial score (nSPS) is 12.8. The summed E-state index contributed by atoms with van der Waals surface area (Å²) in [6, 6.07) is 19.5. The summed E-state index contributed by atoms with van der Waals surface area (Å²) in [6.45, 7) is 6.53. The van der Waals surface area contributed by atoms with Crippen molar-refractivity contribution in [3.05, 3.63) is 71.8 Å². The quantitative estimate of drug-likeness (QED) is 0.677. The second kappa shape index (κ2) is 11.3. The van der Waals surface area contributed by atoms with Crippen molar-refractivity contribution < 1.29 is 9.59 Å². The van der Waals surface area contributed by atoms with Crippen molar-refractivity contribution in [2.75, 3.05) is 6.54 Å². The Morgan fingerprint density at radius 1 is 0.893 bits per heavy atom. The van der Waals surface area contributed by atoms with E-state index in [0.717, 1.165) is 24.0 Å². The van der Waals surface area contributed by atoms with Gasteiger partial charge in [0.2, 0.25) is 11.8 Å². The fourth-order valence-electron chi connectivity index (χ4n) is 3.21. The lowest BCUT2D eigenvalue weighted by molar-refractivity contribution is -0.140. The van der Waals surface area contributed by atoms with Crippen LogP contribution in [0.5, 0.6) is 0 Å². The van der Waals surface area contributed by atoms with Crippen LogP contribution in [0.4, 0.5) is 0 Å². The summed E-state index contributed by atoms with van der Waals surface area (Å²) < 4.78 is 0. The van der Waals surface area contributed by atoms with Gasteiger partial charge < -0.3 is 10.2 Å². The van der Waals surface area contributed by atoms with Gasteiger partial charge in [0, 0.05) is 12.6 Å². The molecule has 0 spiro atoms. The standard InChI is InChI=1S/C24H32N2O2/c1-4-19(3)25-24(28)22(5-2)26(17-16-20-12-8-6-9-13-20)23(27)18-21-14-10-7-11-15-21/h6-15,19,22H,4-5,16-18H2,1-3H3,(H,25,28)/t19-,22+/m0/s1. The number of hydrogen-bond donors (Lipinski definition) is 1. The molecule has 0 heterocycles. The molecule has 150 valence electrons. The first-order valence-electron chi connectivity index (χ1n) is 10.2. The van der Waals surface area contributed by atoms with Crippen molar-refractivity contribution in [1.29, 1.82) is 0 Å². The Kier molecular flexibility index (Phi) is 8.73. The van der Waals surface area contributed by atoms with Crippen molar-refractivity contribution in [2.24, 2.45) is 0 Å². The van der Waals surface area contributed by atoms with E-state index < -0.39 is 6.04 Å². The summed E-state index contributed by atoms with van der Waals surface area (Å²) in [6.07, 6.45) is 2.50. The van der Waals surface area contributed by atoms with Gasteiger partial charge in [-0.15, -0.1) is 0 Å². The number of nitrogens with one attached hydrogen (secondary N) is 1. The number of hydrogen-bond acceptors (Lipinski definition) is 2. The summed E-state index contributed by atoms with van der Waals surface area (Å²) in [7, 11) is 0. The lowest BCUT2D eigenvalue weighted by atomic mass is 10.1. The maximum atomic E-state index is 13.1. The Bertz CT molecular complexity index is 731. The molecule has 4 heteroatoms. The van der Waals surface area contributed by atoms with Gasteiger partial charge in [-0.05, 0) is 37.3 Å². The van der Waals surface area contributed by atoms with Crippen LogP contribution in [0.15, 0.2) is 60.7 Å². The topological polar surface area (TPSA) is 49.4 Å². The lowest BCUT2D eigenvalue weighted by Gasteiger charge is -2.31. The van der Waals surface area contributed by atoms with Crippen LogP contribution >= 0.6 is 0 Å². The number of benzene rings is 2. The molecule has 0 aromatic heterocycles. The van der Waals surface area contributed by atoms with Crippen LogP contribution in [0.25, 0.3) is 0 Å². The molecule has 1 N–H and O–H groups in total. The van der Waals surface area contributed by atoms with Crippen LogP contribution in [0.1, 0.15) is 44.7 Å². The van der Waals surface area contributed by atoms with Crippen LogP contribution < -0.4 is 5.32 Å². The van der Waals surface area contributed by atoms with Gasteiger partial charge in [-0.25, -0.2) is 0 Å². The van der Waals surface area contributed by atoms with Gasteiger partial charge in [0.25, 0.3) is 0 Å². The van der Waals surface area contributed by atoms with E-state index in [1.54, 1.807) is 4.90 Å². The summed E-state index contributed by atoms with van der Waals surface area (Å²) in [5.74, 6) is -0.0698. The highest BCUT2D eigenvalue weighted by atomic mass is 16.2. The molecule has 4 nitrogen and oxygen atoms in total. The molecule has 2 amide bonds. The highest BCUT2D eigenvalue weighted by Gasteiger charge is 2.28. The Hall–Kier alpha value is -2.62. The number of carbonyl (C=O) groups is 2. The van der Waals surface area contributed by atoms with Crippen molar-refractivity contribution in [2.45, 2.75) is 58.5 Å². The zero-order chi connectivity index (χ0) is 20.4. The minimum absolute atomic E-state index is 0.00622. The van der Waals surface area contributed by atoms with Crippen molar-refractivity contribution in [3.8, 4) is 0 Å². The summed E-state index contributed by atoms with van der Waals surface area (Å²) in [5.41, 5.74) is 2.13. The van der Waals surface area contributed by atoms with Crippen LogP contribution in [0.3, 0.4) is 0 Å². The lowest BCUT2D eigenvalue weighted by Crippen LogP contribution is -2.52. The SMILES string of the molecule is CC[C@H](C(=O)N[C@@H](C)CC)N(CCc1ccccc1)C(=O)Cc1ccccc1. The molecule has 2 rings (SSSR count). The van der Waals surface area contributed by atoms with E-state index in [2.05, 4.69) is 17.4 Å². The fourth-order valence-corrected chi connectivity index (χ4v) is 3.21. The Balaban J connectivity index is 2.17. The summed E-state index contributed by atoms with van der Waals surface area (Å²) >= 11 is 0. The van der Waals surface area contributed by atoms with Gasteiger partial charge in [0.05, 0.1) is 6.42 Å². The Morgan fingerprint density at radius 3 is 2.00 bits per heavy atom. The third kappa shape index (κ3) is 6.52. The van der Waals surface area contributed by atoms with E-state index in [4.69, 9.17) is 0 Å². The molecule has 0 saturated carbocycles. The first kappa shape index (κ1) is 21.7. The van der Waals surface area contributed by atoms with E-state index >= 15 is 0 Å². The molecule has 0 aliphatic rings. The minimum atomic E-state index is -0.450. The highest BCUT2D eigenvalue weighted by molar-refractivity contribution is 5.88. The van der Waals surface area contributed by atoms with Gasteiger partial charge in [0.15, 0.2) is 0 Å². The smallest absolute Gasteiger partial charge is 0.243 e. The van der Waals surface area contributed by atoms with E-state index in [1.807, 2.05) is 69.3 Å². The monoisotopic (exact) mass is 380 g/mol. The van der Waals surface area contributed by atoms with Crippen molar-refractivity contribution in [3.63, 3.8) is 0 Å². The Morgan fingerprint density at radius 2 is 1.46 bits per heavy atom. The third-order valence-electron chi connectivity index (χ3n) is 5.07.